The second-order valence-electron chi connectivity index (χ2n) is 1.70. The summed E-state index contributed by atoms with van der Waals surface area (Å²) in [5.41, 5.74) is 1.29. The molecule has 0 amide bonds. The van der Waals surface area contributed by atoms with Crippen LogP contribution in [0.1, 0.15) is 0 Å². The average Bonchev–Trinajstić information content (AvgIpc) is 2.33. The van der Waals surface area contributed by atoms with E-state index in [1.54, 1.807) is 6.20 Å². The van der Waals surface area contributed by atoms with E-state index in [2.05, 4.69) is 42.2 Å². The van der Waals surface area contributed by atoms with Crippen LogP contribution in [0.4, 0.5) is 0 Å². The average molecular weight is 195 g/mol. The summed E-state index contributed by atoms with van der Waals surface area (Å²) in [7, 11) is 0. The Bertz CT molecular complexity index is 355. The number of aromatic amines is 1. The molecule has 0 aliphatic rings. The third-order valence-corrected chi connectivity index (χ3v) is 1.52. The molecule has 5 nitrogen and oxygen atoms in total. The summed E-state index contributed by atoms with van der Waals surface area (Å²) in [4.78, 5) is 7.91. The van der Waals surface area contributed by atoms with Gasteiger partial charge in [0.2, 0.25) is 0 Å². The van der Waals surface area contributed by atoms with Gasteiger partial charge >= 0.3 is 64.2 Å². The number of hydrogen-bond donors (Lipinski definition) is 1. The number of nitrogens with zero attached hydrogens (tertiary/aromatic N) is 4. The molecule has 6 heteroatoms. The van der Waals surface area contributed by atoms with E-state index in [0.29, 0.717) is 15.8 Å². The van der Waals surface area contributed by atoms with E-state index in [-0.39, 0.29) is 0 Å². The van der Waals surface area contributed by atoms with E-state index in [1.807, 2.05) is 0 Å². The van der Waals surface area contributed by atoms with Crippen molar-refractivity contribution in [3.05, 3.63) is 6.20 Å². The first kappa shape index (κ1) is 5.80. The Labute approximate surface area is 64.8 Å². The fourth-order valence-corrected chi connectivity index (χ4v) is 0.965. The zero-order valence-electron chi connectivity index (χ0n) is 4.81. The molecule has 2 aromatic rings. The van der Waals surface area contributed by atoms with Crippen LogP contribution < -0.4 is 4.61 Å². The molecule has 48 valence electrons. The Morgan fingerprint density at radius 3 is 3.20 bits per heavy atom. The molecular weight excluding hydrogens is 193 g/mol. The molecule has 10 heavy (non-hydrogen) atoms. The van der Waals surface area contributed by atoms with Crippen LogP contribution in [0.2, 0.25) is 0 Å². The Kier molecular flexibility index (Phi) is 1.17. The maximum absolute atomic E-state index is 3.99. The Balaban J connectivity index is 2.86. The van der Waals surface area contributed by atoms with Crippen LogP contribution in [0.15, 0.2) is 6.20 Å². The van der Waals surface area contributed by atoms with Crippen LogP contribution in [0.3, 0.4) is 0 Å². The van der Waals surface area contributed by atoms with Crippen molar-refractivity contribution in [2.75, 3.05) is 0 Å². The van der Waals surface area contributed by atoms with E-state index in [4.69, 9.17) is 0 Å². The SMILES string of the molecule is [As]c1ncc2n[nH]nc2n1. The normalized spacial score (nSPS) is 10.5. The van der Waals surface area contributed by atoms with Crippen molar-refractivity contribution in [3.8, 4) is 0 Å². The molecule has 0 fully saturated rings. The molecular formula is C4H2AsN5. The molecule has 2 radical (unpaired) electrons. The first-order chi connectivity index (χ1) is 4.86. The van der Waals surface area contributed by atoms with Crippen LogP contribution in [-0.2, 0) is 0 Å². The number of rotatable bonds is 0. The summed E-state index contributed by atoms with van der Waals surface area (Å²) in [5.74, 6) is 0. The van der Waals surface area contributed by atoms with Crippen molar-refractivity contribution < 1.29 is 0 Å². The van der Waals surface area contributed by atoms with Gasteiger partial charge in [0.1, 0.15) is 0 Å². The van der Waals surface area contributed by atoms with E-state index in [0.717, 1.165) is 0 Å². The Hall–Kier alpha value is -0.962. The van der Waals surface area contributed by atoms with Gasteiger partial charge in [-0.05, 0) is 0 Å². The zero-order valence-corrected chi connectivity index (χ0v) is 6.69. The van der Waals surface area contributed by atoms with Crippen LogP contribution in [0.5, 0.6) is 0 Å². The molecule has 0 saturated carbocycles. The number of fused-ring (bicyclic) bond motifs is 1. The van der Waals surface area contributed by atoms with Gasteiger partial charge in [0.05, 0.1) is 0 Å². The molecule has 0 aliphatic heterocycles. The first-order valence-corrected chi connectivity index (χ1v) is 3.52. The zero-order chi connectivity index (χ0) is 6.97. The minimum atomic E-state index is 0.602. The standard InChI is InChI=1S/C4H2AsN5/c5-4-6-1-2-3(7-4)9-10-8-2/h1H,(H,6,7,8,9,10). The Morgan fingerprint density at radius 1 is 1.40 bits per heavy atom. The summed E-state index contributed by atoms with van der Waals surface area (Å²) in [6, 6.07) is 0. The third-order valence-electron chi connectivity index (χ3n) is 1.06. The molecule has 0 unspecified atom stereocenters. The quantitative estimate of drug-likeness (QED) is 0.521. The van der Waals surface area contributed by atoms with Gasteiger partial charge in [-0.15, -0.1) is 0 Å². The van der Waals surface area contributed by atoms with E-state index < -0.39 is 0 Å². The molecule has 2 aromatic heterocycles. The Morgan fingerprint density at radius 2 is 2.30 bits per heavy atom. The van der Waals surface area contributed by atoms with Crippen molar-refractivity contribution in [2.24, 2.45) is 0 Å². The molecule has 0 saturated heterocycles. The number of hydrogen-bond acceptors (Lipinski definition) is 4. The van der Waals surface area contributed by atoms with E-state index in [1.165, 1.54) is 0 Å². The van der Waals surface area contributed by atoms with Gasteiger partial charge in [0.25, 0.3) is 0 Å². The second-order valence-corrected chi connectivity index (χ2v) is 2.54. The van der Waals surface area contributed by atoms with E-state index in [9.17, 15) is 0 Å². The molecule has 0 aliphatic carbocycles. The minimum absolute atomic E-state index is 0.602. The number of nitrogens with one attached hydrogen (secondary N) is 1. The van der Waals surface area contributed by atoms with Crippen molar-refractivity contribution in [1.29, 1.82) is 0 Å². The van der Waals surface area contributed by atoms with Gasteiger partial charge in [-0.25, -0.2) is 0 Å². The first-order valence-electron chi connectivity index (χ1n) is 2.59. The van der Waals surface area contributed by atoms with Crippen LogP contribution >= 0.6 is 0 Å². The fourth-order valence-electron chi connectivity index (χ4n) is 0.645. The molecule has 0 spiro atoms. The maximum atomic E-state index is 3.99. The van der Waals surface area contributed by atoms with Crippen LogP contribution in [0, 0.1) is 0 Å². The summed E-state index contributed by atoms with van der Waals surface area (Å²) >= 11 is 2.25. The van der Waals surface area contributed by atoms with E-state index >= 15 is 0 Å². The van der Waals surface area contributed by atoms with Gasteiger partial charge < -0.3 is 0 Å². The van der Waals surface area contributed by atoms with Crippen LogP contribution in [0.25, 0.3) is 11.2 Å². The third kappa shape index (κ3) is 0.789. The van der Waals surface area contributed by atoms with Crippen molar-refractivity contribution in [1.82, 2.24) is 25.4 Å². The van der Waals surface area contributed by atoms with Crippen LogP contribution in [-0.4, -0.2) is 42.2 Å². The van der Waals surface area contributed by atoms with Gasteiger partial charge in [0, 0.05) is 0 Å². The predicted molar refractivity (Wildman–Crippen MR) is 34.9 cm³/mol. The van der Waals surface area contributed by atoms with Crippen molar-refractivity contribution >= 4 is 32.6 Å². The van der Waals surface area contributed by atoms with Gasteiger partial charge in [-0.1, -0.05) is 0 Å². The van der Waals surface area contributed by atoms with Crippen molar-refractivity contribution in [2.45, 2.75) is 0 Å². The molecule has 0 aromatic carbocycles. The van der Waals surface area contributed by atoms with Gasteiger partial charge in [0.15, 0.2) is 0 Å². The van der Waals surface area contributed by atoms with Gasteiger partial charge in [-0.3, -0.25) is 0 Å². The molecule has 0 atom stereocenters. The number of aromatic nitrogens is 5. The number of H-pyrrole nitrogens is 1. The summed E-state index contributed by atoms with van der Waals surface area (Å²) in [5, 5.41) is 10.0. The summed E-state index contributed by atoms with van der Waals surface area (Å²) in [6.07, 6.45) is 1.62. The molecule has 2 rings (SSSR count). The van der Waals surface area contributed by atoms with Crippen molar-refractivity contribution in [3.63, 3.8) is 0 Å². The summed E-state index contributed by atoms with van der Waals surface area (Å²) < 4.78 is 0.647. The summed E-state index contributed by atoms with van der Waals surface area (Å²) in [6.45, 7) is 0. The van der Waals surface area contributed by atoms with Gasteiger partial charge in [-0.2, -0.15) is 0 Å². The predicted octanol–water partition coefficient (Wildman–Crippen LogP) is -1.46. The molecule has 1 N–H and O–H groups in total. The molecule has 0 bridgehead atoms. The fraction of sp³-hybridized carbons (Fsp3) is 0. The second kappa shape index (κ2) is 2.02. The monoisotopic (exact) mass is 195 g/mol. The molecule has 2 heterocycles. The topological polar surface area (TPSA) is 67.3 Å².